The maximum Gasteiger partial charge on any atom is 0.265 e. The first-order chi connectivity index (χ1) is 10.8. The predicted molar refractivity (Wildman–Crippen MR) is 79.0 cm³/mol. The Labute approximate surface area is 132 Å². The molecule has 0 atom stereocenters. The quantitative estimate of drug-likeness (QED) is 0.830. The summed E-state index contributed by atoms with van der Waals surface area (Å²) in [4.78, 5) is 3.75. The van der Waals surface area contributed by atoms with Crippen LogP contribution in [0.3, 0.4) is 0 Å². The van der Waals surface area contributed by atoms with Crippen LogP contribution >= 0.6 is 0 Å². The number of hydrogen-bond donors (Lipinski definition) is 1. The van der Waals surface area contributed by atoms with Crippen molar-refractivity contribution in [3.05, 3.63) is 30.7 Å². The molecule has 2 heterocycles. The number of alkyl halides is 2. The van der Waals surface area contributed by atoms with Gasteiger partial charge in [-0.3, -0.25) is 9.40 Å². The lowest BCUT2D eigenvalue weighted by atomic mass is 10.4. The molecule has 0 aliphatic rings. The average Bonchev–Trinajstić information content (AvgIpc) is 2.88. The number of nitrogens with one attached hydrogen (secondary N) is 1. The summed E-state index contributed by atoms with van der Waals surface area (Å²) in [6.07, 6.45) is 0.693. The number of rotatable bonds is 7. The molecule has 10 heteroatoms. The Balaban J connectivity index is 2.23. The third-order valence-electron chi connectivity index (χ3n) is 2.61. The van der Waals surface area contributed by atoms with Crippen LogP contribution in [0.25, 0.3) is 0 Å². The fourth-order valence-electron chi connectivity index (χ4n) is 1.71. The third kappa shape index (κ3) is 4.62. The van der Waals surface area contributed by atoms with Gasteiger partial charge in [0.2, 0.25) is 5.88 Å². The molecule has 0 saturated heterocycles. The fraction of sp³-hybridized carbons (Fsp3) is 0.385. The first-order valence-corrected chi connectivity index (χ1v) is 8.21. The maximum absolute atomic E-state index is 12.3. The molecule has 1 N–H and O–H groups in total. The number of pyridine rings is 1. The van der Waals surface area contributed by atoms with Crippen LogP contribution in [0.4, 0.5) is 14.5 Å². The van der Waals surface area contributed by atoms with Gasteiger partial charge in [0.1, 0.15) is 17.1 Å². The molecule has 2 aromatic rings. The molecule has 0 unspecified atom stereocenters. The van der Waals surface area contributed by atoms with Gasteiger partial charge >= 0.3 is 0 Å². The molecular formula is C13H16F2N4O3S. The molecule has 0 aliphatic heterocycles. The van der Waals surface area contributed by atoms with Crippen molar-refractivity contribution in [2.24, 2.45) is 0 Å². The number of anilines is 1. The van der Waals surface area contributed by atoms with Crippen molar-refractivity contribution in [2.45, 2.75) is 37.8 Å². The van der Waals surface area contributed by atoms with E-state index in [1.165, 1.54) is 12.3 Å². The van der Waals surface area contributed by atoms with Gasteiger partial charge in [-0.2, -0.15) is 5.10 Å². The van der Waals surface area contributed by atoms with Gasteiger partial charge in [-0.25, -0.2) is 22.2 Å². The highest BCUT2D eigenvalue weighted by atomic mass is 32.2. The van der Waals surface area contributed by atoms with Crippen LogP contribution in [0, 0.1) is 0 Å². The van der Waals surface area contributed by atoms with Crippen molar-refractivity contribution in [1.82, 2.24) is 14.8 Å². The highest BCUT2D eigenvalue weighted by Crippen LogP contribution is 2.25. The molecule has 0 aliphatic carbocycles. The molecule has 0 fully saturated rings. The van der Waals surface area contributed by atoms with Crippen molar-refractivity contribution in [1.29, 1.82) is 0 Å². The molecule has 0 aromatic carbocycles. The first-order valence-electron chi connectivity index (χ1n) is 6.73. The van der Waals surface area contributed by atoms with E-state index in [0.717, 1.165) is 17.1 Å². The lowest BCUT2D eigenvalue weighted by Crippen LogP contribution is -2.15. The van der Waals surface area contributed by atoms with Gasteiger partial charge in [0, 0.05) is 12.4 Å². The van der Waals surface area contributed by atoms with Crippen LogP contribution in [0.5, 0.6) is 5.88 Å². The second-order valence-corrected chi connectivity index (χ2v) is 6.60. The molecule has 2 aromatic heterocycles. The van der Waals surface area contributed by atoms with Crippen LogP contribution in [0.1, 0.15) is 13.8 Å². The van der Waals surface area contributed by atoms with Gasteiger partial charge in [0.25, 0.3) is 16.4 Å². The number of aromatic nitrogens is 3. The molecule has 0 saturated carbocycles. The summed E-state index contributed by atoms with van der Waals surface area (Å²) in [6, 6.07) is 3.04. The lowest BCUT2D eigenvalue weighted by molar-refractivity contribution is 0.121. The standard InChI is InChI=1S/C13H16F2N4O3S/c1-9(2)22-13-11(4-3-5-16-13)18-23(20,21)10-6-17-19(7-10)8-12(14)15/h3-7,9,12,18H,8H2,1-2H3. The largest absolute Gasteiger partial charge is 0.473 e. The molecule has 0 bridgehead atoms. The van der Waals surface area contributed by atoms with Gasteiger partial charge in [-0.15, -0.1) is 0 Å². The zero-order chi connectivity index (χ0) is 17.0. The Morgan fingerprint density at radius 1 is 1.39 bits per heavy atom. The molecular weight excluding hydrogens is 330 g/mol. The Kier molecular flexibility index (Phi) is 5.14. The van der Waals surface area contributed by atoms with Gasteiger partial charge in [-0.1, -0.05) is 0 Å². The summed E-state index contributed by atoms with van der Waals surface area (Å²) in [6.45, 7) is 2.88. The van der Waals surface area contributed by atoms with Crippen molar-refractivity contribution < 1.29 is 21.9 Å². The first kappa shape index (κ1) is 17.1. The van der Waals surface area contributed by atoms with Crippen LogP contribution in [-0.4, -0.2) is 35.7 Å². The minimum Gasteiger partial charge on any atom is -0.473 e. The smallest absolute Gasteiger partial charge is 0.265 e. The molecule has 126 valence electrons. The minimum atomic E-state index is -3.98. The van der Waals surface area contributed by atoms with Crippen molar-refractivity contribution in [3.63, 3.8) is 0 Å². The number of ether oxygens (including phenoxy) is 1. The second kappa shape index (κ2) is 6.90. The van der Waals surface area contributed by atoms with Gasteiger partial charge < -0.3 is 4.74 Å². The van der Waals surface area contributed by atoms with E-state index in [1.54, 1.807) is 19.9 Å². The molecule has 23 heavy (non-hydrogen) atoms. The number of nitrogens with zero attached hydrogens (tertiary/aromatic N) is 3. The molecule has 2 rings (SSSR count). The molecule has 0 amide bonds. The molecule has 7 nitrogen and oxygen atoms in total. The normalized spacial score (nSPS) is 11.9. The number of sulfonamides is 1. The third-order valence-corrected chi connectivity index (χ3v) is 3.93. The number of halogens is 2. The Morgan fingerprint density at radius 3 is 2.78 bits per heavy atom. The van der Waals surface area contributed by atoms with E-state index in [4.69, 9.17) is 4.74 Å². The summed E-state index contributed by atoms with van der Waals surface area (Å²) in [5, 5.41) is 3.61. The monoisotopic (exact) mass is 346 g/mol. The second-order valence-electron chi connectivity index (χ2n) is 4.92. The van der Waals surface area contributed by atoms with E-state index in [9.17, 15) is 17.2 Å². The molecule has 0 radical (unpaired) electrons. The SMILES string of the molecule is CC(C)Oc1ncccc1NS(=O)(=O)c1cnn(CC(F)F)c1. The van der Waals surface area contributed by atoms with Gasteiger partial charge in [0.15, 0.2) is 0 Å². The van der Waals surface area contributed by atoms with Crippen LogP contribution in [-0.2, 0) is 16.6 Å². The van der Waals surface area contributed by atoms with Crippen LogP contribution < -0.4 is 9.46 Å². The highest BCUT2D eigenvalue weighted by molar-refractivity contribution is 7.92. The molecule has 0 spiro atoms. The van der Waals surface area contributed by atoms with Gasteiger partial charge in [-0.05, 0) is 26.0 Å². The van der Waals surface area contributed by atoms with Crippen LogP contribution in [0.2, 0.25) is 0 Å². The summed E-state index contributed by atoms with van der Waals surface area (Å²) < 4.78 is 57.8. The summed E-state index contributed by atoms with van der Waals surface area (Å²) in [5.74, 6) is 0.131. The highest BCUT2D eigenvalue weighted by Gasteiger charge is 2.20. The van der Waals surface area contributed by atoms with Crippen molar-refractivity contribution in [2.75, 3.05) is 4.72 Å². The average molecular weight is 346 g/mol. The van der Waals surface area contributed by atoms with E-state index in [1.807, 2.05) is 0 Å². The van der Waals surface area contributed by atoms with E-state index in [-0.39, 0.29) is 22.6 Å². The summed E-state index contributed by atoms with van der Waals surface area (Å²) in [5.41, 5.74) is 0.155. The lowest BCUT2D eigenvalue weighted by Gasteiger charge is -2.13. The zero-order valence-corrected chi connectivity index (χ0v) is 13.3. The zero-order valence-electron chi connectivity index (χ0n) is 12.5. The van der Waals surface area contributed by atoms with E-state index >= 15 is 0 Å². The Bertz CT molecular complexity index is 762. The predicted octanol–water partition coefficient (Wildman–Crippen LogP) is 2.13. The van der Waals surface area contributed by atoms with Gasteiger partial charge in [0.05, 0.1) is 12.3 Å². The van der Waals surface area contributed by atoms with Crippen LogP contribution in [0.15, 0.2) is 35.6 Å². The van der Waals surface area contributed by atoms with E-state index in [0.29, 0.717) is 0 Å². The summed E-state index contributed by atoms with van der Waals surface area (Å²) >= 11 is 0. The van der Waals surface area contributed by atoms with E-state index < -0.39 is 23.0 Å². The Hall–Kier alpha value is -2.23. The van der Waals surface area contributed by atoms with Crippen molar-refractivity contribution >= 4 is 15.7 Å². The minimum absolute atomic E-state index is 0.131. The van der Waals surface area contributed by atoms with E-state index in [2.05, 4.69) is 14.8 Å². The topological polar surface area (TPSA) is 86.1 Å². The summed E-state index contributed by atoms with van der Waals surface area (Å²) in [7, 11) is -3.98. The number of hydrogen-bond acceptors (Lipinski definition) is 5. The maximum atomic E-state index is 12.3. The van der Waals surface area contributed by atoms with Crippen molar-refractivity contribution in [3.8, 4) is 5.88 Å². The Morgan fingerprint density at radius 2 is 2.13 bits per heavy atom. The fourth-order valence-corrected chi connectivity index (χ4v) is 2.72.